The molecule has 0 radical (unpaired) electrons. The zero-order valence-corrected chi connectivity index (χ0v) is 15.0. The predicted octanol–water partition coefficient (Wildman–Crippen LogP) is 2.87. The van der Waals surface area contributed by atoms with Crippen molar-refractivity contribution in [2.45, 2.75) is 70.8 Å². The van der Waals surface area contributed by atoms with Crippen LogP contribution in [0.15, 0.2) is 18.2 Å². The molecule has 25 heavy (non-hydrogen) atoms. The lowest BCUT2D eigenvalue weighted by atomic mass is 9.92. The fraction of sp³-hybridized carbons (Fsp3) is 0.579. The molecular weight excluding hydrogens is 320 g/mol. The molecule has 0 spiro atoms. The van der Waals surface area contributed by atoms with E-state index in [2.05, 4.69) is 10.6 Å². The van der Waals surface area contributed by atoms with Gasteiger partial charge in [0.25, 0.3) is 11.8 Å². The first kappa shape index (κ1) is 17.7. The van der Waals surface area contributed by atoms with E-state index in [1.807, 2.05) is 13.8 Å². The number of rotatable bonds is 4. The van der Waals surface area contributed by atoms with Crippen LogP contribution in [0.1, 0.15) is 56.8 Å². The van der Waals surface area contributed by atoms with Gasteiger partial charge in [-0.15, -0.1) is 0 Å². The molecule has 1 fully saturated rings. The van der Waals surface area contributed by atoms with Crippen LogP contribution in [-0.4, -0.2) is 36.2 Å². The summed E-state index contributed by atoms with van der Waals surface area (Å²) in [7, 11) is 0. The maximum Gasteiger partial charge on any atom is 0.265 e. The number of carbonyl (C=O) groups excluding carboxylic acids is 2. The van der Waals surface area contributed by atoms with Crippen LogP contribution in [0.4, 0.5) is 5.69 Å². The Kier molecular flexibility index (Phi) is 5.27. The van der Waals surface area contributed by atoms with Crippen LogP contribution in [0, 0.1) is 0 Å². The summed E-state index contributed by atoms with van der Waals surface area (Å²) in [4.78, 5) is 24.4. The van der Waals surface area contributed by atoms with Crippen molar-refractivity contribution in [2.75, 3.05) is 5.32 Å². The molecule has 1 aromatic rings. The molecule has 1 aliphatic carbocycles. The van der Waals surface area contributed by atoms with Crippen molar-refractivity contribution in [3.63, 3.8) is 0 Å². The molecule has 6 nitrogen and oxygen atoms in total. The van der Waals surface area contributed by atoms with Gasteiger partial charge < -0.3 is 20.1 Å². The number of benzene rings is 1. The molecule has 0 bridgehead atoms. The SMILES string of the molecule is CC(C)OC1CCC(NC(=O)c2cccc3c2OC(C)C(=O)N3)CC1. The third kappa shape index (κ3) is 4.12. The summed E-state index contributed by atoms with van der Waals surface area (Å²) in [6, 6.07) is 5.36. The summed E-state index contributed by atoms with van der Waals surface area (Å²) >= 11 is 0. The average molecular weight is 346 g/mol. The number of anilines is 1. The summed E-state index contributed by atoms with van der Waals surface area (Å²) in [5.41, 5.74) is 1.01. The fourth-order valence-electron chi connectivity index (χ4n) is 3.40. The Bertz CT molecular complexity index is 651. The third-order valence-corrected chi connectivity index (χ3v) is 4.66. The average Bonchev–Trinajstić information content (AvgIpc) is 2.56. The second-order valence-electron chi connectivity index (χ2n) is 7.06. The highest BCUT2D eigenvalue weighted by atomic mass is 16.5. The number of carbonyl (C=O) groups is 2. The van der Waals surface area contributed by atoms with Crippen LogP contribution in [0.25, 0.3) is 0 Å². The number of amides is 2. The van der Waals surface area contributed by atoms with E-state index in [1.165, 1.54) is 0 Å². The van der Waals surface area contributed by atoms with E-state index in [0.29, 0.717) is 17.0 Å². The first-order valence-electron chi connectivity index (χ1n) is 9.01. The molecule has 1 aliphatic heterocycles. The van der Waals surface area contributed by atoms with Gasteiger partial charge in [0.15, 0.2) is 11.9 Å². The second-order valence-corrected chi connectivity index (χ2v) is 7.06. The Hall–Kier alpha value is -2.08. The number of hydrogen-bond donors (Lipinski definition) is 2. The Morgan fingerprint density at radius 1 is 1.28 bits per heavy atom. The predicted molar refractivity (Wildman–Crippen MR) is 94.9 cm³/mol. The minimum absolute atomic E-state index is 0.144. The van der Waals surface area contributed by atoms with E-state index >= 15 is 0 Å². The first-order chi connectivity index (χ1) is 11.9. The summed E-state index contributed by atoms with van der Waals surface area (Å²) in [5, 5.41) is 5.87. The fourth-order valence-corrected chi connectivity index (χ4v) is 3.40. The van der Waals surface area contributed by atoms with Crippen LogP contribution in [0.3, 0.4) is 0 Å². The largest absolute Gasteiger partial charge is 0.478 e. The smallest absolute Gasteiger partial charge is 0.265 e. The van der Waals surface area contributed by atoms with Crippen LogP contribution in [0.2, 0.25) is 0 Å². The molecule has 0 aromatic heterocycles. The van der Waals surface area contributed by atoms with Crippen molar-refractivity contribution in [2.24, 2.45) is 0 Å². The first-order valence-corrected chi connectivity index (χ1v) is 9.01. The summed E-state index contributed by atoms with van der Waals surface area (Å²) < 4.78 is 11.5. The molecule has 2 amide bonds. The van der Waals surface area contributed by atoms with Gasteiger partial charge in [-0.25, -0.2) is 0 Å². The molecule has 2 aliphatic rings. The highest BCUT2D eigenvalue weighted by Crippen LogP contribution is 2.33. The van der Waals surface area contributed by atoms with Gasteiger partial charge in [-0.1, -0.05) is 6.07 Å². The molecule has 1 saturated carbocycles. The van der Waals surface area contributed by atoms with E-state index in [4.69, 9.17) is 9.47 Å². The van der Waals surface area contributed by atoms with Gasteiger partial charge in [-0.3, -0.25) is 9.59 Å². The van der Waals surface area contributed by atoms with Crippen molar-refractivity contribution < 1.29 is 19.1 Å². The zero-order valence-electron chi connectivity index (χ0n) is 15.0. The molecule has 6 heteroatoms. The normalized spacial score (nSPS) is 25.8. The maximum absolute atomic E-state index is 12.7. The van der Waals surface area contributed by atoms with Crippen molar-refractivity contribution >= 4 is 17.5 Å². The molecule has 3 rings (SSSR count). The Morgan fingerprint density at radius 3 is 2.68 bits per heavy atom. The van der Waals surface area contributed by atoms with Crippen LogP contribution in [0.5, 0.6) is 5.75 Å². The van der Waals surface area contributed by atoms with E-state index < -0.39 is 6.10 Å². The number of para-hydroxylation sites is 1. The Balaban J connectivity index is 1.63. The molecule has 1 unspecified atom stereocenters. The van der Waals surface area contributed by atoms with E-state index in [0.717, 1.165) is 25.7 Å². The van der Waals surface area contributed by atoms with Gasteiger partial charge >= 0.3 is 0 Å². The molecule has 1 aromatic carbocycles. The van der Waals surface area contributed by atoms with E-state index in [-0.39, 0.29) is 30.1 Å². The van der Waals surface area contributed by atoms with Gasteiger partial charge in [-0.05, 0) is 58.6 Å². The lowest BCUT2D eigenvalue weighted by Gasteiger charge is -2.31. The standard InChI is InChI=1S/C19H26N2O4/c1-11(2)24-14-9-7-13(8-10-14)20-19(23)15-5-4-6-16-17(15)25-12(3)18(22)21-16/h4-6,11-14H,7-10H2,1-3H3,(H,20,23)(H,21,22). The third-order valence-electron chi connectivity index (χ3n) is 4.66. The lowest BCUT2D eigenvalue weighted by molar-refractivity contribution is -0.122. The number of ether oxygens (including phenoxy) is 2. The van der Waals surface area contributed by atoms with Crippen LogP contribution < -0.4 is 15.4 Å². The molecule has 136 valence electrons. The summed E-state index contributed by atoms with van der Waals surface area (Å²) in [6.07, 6.45) is 3.65. The quantitative estimate of drug-likeness (QED) is 0.879. The van der Waals surface area contributed by atoms with Crippen molar-refractivity contribution in [1.82, 2.24) is 5.32 Å². The van der Waals surface area contributed by atoms with Crippen molar-refractivity contribution in [1.29, 1.82) is 0 Å². The van der Waals surface area contributed by atoms with Crippen molar-refractivity contribution in [3.05, 3.63) is 23.8 Å². The summed E-state index contributed by atoms with van der Waals surface area (Å²) in [5.74, 6) is 0.0888. The van der Waals surface area contributed by atoms with Crippen molar-refractivity contribution in [3.8, 4) is 5.75 Å². The maximum atomic E-state index is 12.7. The van der Waals surface area contributed by atoms with Gasteiger partial charge in [0.05, 0.1) is 23.5 Å². The molecule has 2 N–H and O–H groups in total. The minimum Gasteiger partial charge on any atom is -0.478 e. The Labute approximate surface area is 148 Å². The topological polar surface area (TPSA) is 76.7 Å². The molecule has 1 atom stereocenters. The number of nitrogens with one attached hydrogen (secondary N) is 2. The minimum atomic E-state index is -0.606. The highest BCUT2D eigenvalue weighted by Gasteiger charge is 2.29. The van der Waals surface area contributed by atoms with Gasteiger partial charge in [0.1, 0.15) is 0 Å². The van der Waals surface area contributed by atoms with Gasteiger partial charge in [0, 0.05) is 6.04 Å². The Morgan fingerprint density at radius 2 is 2.00 bits per heavy atom. The number of hydrogen-bond acceptors (Lipinski definition) is 4. The number of fused-ring (bicyclic) bond motifs is 1. The molecular formula is C19H26N2O4. The monoisotopic (exact) mass is 346 g/mol. The second kappa shape index (κ2) is 7.44. The summed E-state index contributed by atoms with van der Waals surface area (Å²) in [6.45, 7) is 5.77. The van der Waals surface area contributed by atoms with Gasteiger partial charge in [-0.2, -0.15) is 0 Å². The van der Waals surface area contributed by atoms with E-state index in [9.17, 15) is 9.59 Å². The van der Waals surface area contributed by atoms with Gasteiger partial charge in [0.2, 0.25) is 0 Å². The lowest BCUT2D eigenvalue weighted by Crippen LogP contribution is -2.40. The van der Waals surface area contributed by atoms with Crippen LogP contribution >= 0.6 is 0 Å². The van der Waals surface area contributed by atoms with Crippen LogP contribution in [-0.2, 0) is 9.53 Å². The molecule has 0 saturated heterocycles. The zero-order chi connectivity index (χ0) is 18.0. The van der Waals surface area contributed by atoms with E-state index in [1.54, 1.807) is 25.1 Å². The highest BCUT2D eigenvalue weighted by molar-refractivity contribution is 6.04. The molecule has 1 heterocycles.